The second-order valence-corrected chi connectivity index (χ2v) is 4.95. The van der Waals surface area contributed by atoms with Crippen LogP contribution in [0.5, 0.6) is 0 Å². The van der Waals surface area contributed by atoms with Crippen LogP contribution in [0.25, 0.3) is 0 Å². The number of hydrogen-bond acceptors (Lipinski definition) is 2. The van der Waals surface area contributed by atoms with E-state index in [9.17, 15) is 4.79 Å². The zero-order chi connectivity index (χ0) is 12.8. The quantitative estimate of drug-likeness (QED) is 0.880. The van der Waals surface area contributed by atoms with Gasteiger partial charge in [-0.2, -0.15) is 0 Å². The summed E-state index contributed by atoms with van der Waals surface area (Å²) in [5.41, 5.74) is 1.17. The van der Waals surface area contributed by atoms with E-state index in [1.807, 2.05) is 28.8 Å². The number of likely N-dealkylation sites (tertiary alicyclic amines) is 1. The smallest absolute Gasteiger partial charge is 0.242 e. The molecule has 1 aromatic heterocycles. The molecule has 0 bridgehead atoms. The van der Waals surface area contributed by atoms with Crippen LogP contribution in [-0.4, -0.2) is 35.5 Å². The van der Waals surface area contributed by atoms with Crippen LogP contribution in [0.2, 0.25) is 0 Å². The summed E-state index contributed by atoms with van der Waals surface area (Å²) in [6, 6.07) is 4.06. The Balaban J connectivity index is 1.94. The number of carbonyl (C=O) groups excluding carboxylic acids is 1. The van der Waals surface area contributed by atoms with Crippen LogP contribution in [0.3, 0.4) is 0 Å². The van der Waals surface area contributed by atoms with Crippen molar-refractivity contribution in [3.63, 3.8) is 0 Å². The summed E-state index contributed by atoms with van der Waals surface area (Å²) in [5.74, 6) is 0.255. The second-order valence-electron chi connectivity index (χ2n) is 4.95. The van der Waals surface area contributed by atoms with E-state index < -0.39 is 0 Å². The van der Waals surface area contributed by atoms with E-state index in [2.05, 4.69) is 11.4 Å². The van der Waals surface area contributed by atoms with E-state index in [1.54, 1.807) is 0 Å². The Labute approximate surface area is 109 Å². The number of amides is 1. The predicted octanol–water partition coefficient (Wildman–Crippen LogP) is 1.61. The van der Waals surface area contributed by atoms with Gasteiger partial charge in [-0.05, 0) is 32.0 Å². The minimum Gasteiger partial charge on any atom is -0.341 e. The SMILES string of the molecule is CNCc1cccn1CC(=O)N1CCCCCC1. The summed E-state index contributed by atoms with van der Waals surface area (Å²) in [6.45, 7) is 3.15. The normalized spacial score (nSPS) is 16.6. The van der Waals surface area contributed by atoms with Gasteiger partial charge in [0, 0.05) is 31.5 Å². The molecule has 1 aromatic rings. The highest BCUT2D eigenvalue weighted by Crippen LogP contribution is 2.11. The van der Waals surface area contributed by atoms with Gasteiger partial charge in [0.2, 0.25) is 5.91 Å². The molecule has 2 rings (SSSR count). The molecule has 0 atom stereocenters. The van der Waals surface area contributed by atoms with Gasteiger partial charge >= 0.3 is 0 Å². The summed E-state index contributed by atoms with van der Waals surface area (Å²) < 4.78 is 2.05. The average Bonchev–Trinajstić information content (AvgIpc) is 2.66. The zero-order valence-electron chi connectivity index (χ0n) is 11.2. The molecule has 4 nitrogen and oxygen atoms in total. The summed E-state index contributed by atoms with van der Waals surface area (Å²) in [6.07, 6.45) is 6.82. The van der Waals surface area contributed by atoms with Crippen LogP contribution in [0.4, 0.5) is 0 Å². The molecule has 1 aliphatic heterocycles. The van der Waals surface area contributed by atoms with Crippen molar-refractivity contribution in [1.29, 1.82) is 0 Å². The molecule has 4 heteroatoms. The van der Waals surface area contributed by atoms with Crippen LogP contribution in [0, 0.1) is 0 Å². The van der Waals surface area contributed by atoms with E-state index in [0.717, 1.165) is 32.5 Å². The maximum atomic E-state index is 12.3. The Morgan fingerprint density at radius 1 is 1.28 bits per heavy atom. The molecule has 1 aliphatic rings. The second kappa shape index (κ2) is 6.59. The number of carbonyl (C=O) groups is 1. The van der Waals surface area contributed by atoms with E-state index >= 15 is 0 Å². The van der Waals surface area contributed by atoms with Crippen molar-refractivity contribution in [2.75, 3.05) is 20.1 Å². The number of nitrogens with zero attached hydrogens (tertiary/aromatic N) is 2. The van der Waals surface area contributed by atoms with Crippen LogP contribution < -0.4 is 5.32 Å². The van der Waals surface area contributed by atoms with Crippen molar-refractivity contribution in [3.8, 4) is 0 Å². The first-order valence-electron chi connectivity index (χ1n) is 6.87. The first-order valence-corrected chi connectivity index (χ1v) is 6.87. The summed E-state index contributed by atoms with van der Waals surface area (Å²) >= 11 is 0. The number of nitrogens with one attached hydrogen (secondary N) is 1. The minimum absolute atomic E-state index is 0.255. The highest BCUT2D eigenvalue weighted by Gasteiger charge is 2.16. The molecule has 1 fully saturated rings. The Kier molecular flexibility index (Phi) is 4.81. The van der Waals surface area contributed by atoms with Gasteiger partial charge < -0.3 is 14.8 Å². The van der Waals surface area contributed by atoms with Crippen LogP contribution >= 0.6 is 0 Å². The molecule has 0 aliphatic carbocycles. The molecule has 2 heterocycles. The molecule has 0 spiro atoms. The fraction of sp³-hybridized carbons (Fsp3) is 0.643. The van der Waals surface area contributed by atoms with Crippen molar-refractivity contribution in [2.24, 2.45) is 0 Å². The third kappa shape index (κ3) is 3.35. The summed E-state index contributed by atoms with van der Waals surface area (Å²) in [4.78, 5) is 14.3. The molecule has 0 radical (unpaired) electrons. The number of hydrogen-bond donors (Lipinski definition) is 1. The zero-order valence-corrected chi connectivity index (χ0v) is 11.2. The lowest BCUT2D eigenvalue weighted by atomic mass is 10.2. The van der Waals surface area contributed by atoms with Gasteiger partial charge in [-0.1, -0.05) is 12.8 Å². The van der Waals surface area contributed by atoms with Crippen LogP contribution in [0.15, 0.2) is 18.3 Å². The van der Waals surface area contributed by atoms with E-state index in [0.29, 0.717) is 6.54 Å². The summed E-state index contributed by atoms with van der Waals surface area (Å²) in [5, 5.41) is 3.13. The molecule has 1 amide bonds. The molecule has 18 heavy (non-hydrogen) atoms. The van der Waals surface area contributed by atoms with Gasteiger partial charge in [0.25, 0.3) is 0 Å². The Morgan fingerprint density at radius 2 is 2.00 bits per heavy atom. The topological polar surface area (TPSA) is 37.3 Å². The third-order valence-corrected chi connectivity index (χ3v) is 3.55. The van der Waals surface area contributed by atoms with Gasteiger partial charge in [-0.15, -0.1) is 0 Å². The minimum atomic E-state index is 0.255. The van der Waals surface area contributed by atoms with E-state index in [1.165, 1.54) is 18.5 Å². The lowest BCUT2D eigenvalue weighted by Gasteiger charge is -2.21. The van der Waals surface area contributed by atoms with Crippen LogP contribution in [0.1, 0.15) is 31.4 Å². The largest absolute Gasteiger partial charge is 0.341 e. The maximum absolute atomic E-state index is 12.3. The van der Waals surface area contributed by atoms with Crippen molar-refractivity contribution in [3.05, 3.63) is 24.0 Å². The molecular formula is C14H23N3O. The fourth-order valence-corrected chi connectivity index (χ4v) is 2.51. The molecule has 0 aromatic carbocycles. The van der Waals surface area contributed by atoms with Gasteiger partial charge in [0.15, 0.2) is 0 Å². The fourth-order valence-electron chi connectivity index (χ4n) is 2.51. The standard InChI is InChI=1S/C14H23N3O/c1-15-11-13-7-6-10-17(13)12-14(18)16-8-4-2-3-5-9-16/h6-7,10,15H,2-5,8-9,11-12H2,1H3. The first-order chi connectivity index (χ1) is 8.81. The molecule has 1 N–H and O–H groups in total. The highest BCUT2D eigenvalue weighted by atomic mass is 16.2. The third-order valence-electron chi connectivity index (χ3n) is 3.55. The molecule has 1 saturated heterocycles. The molecule has 0 saturated carbocycles. The Hall–Kier alpha value is -1.29. The van der Waals surface area contributed by atoms with Crippen LogP contribution in [-0.2, 0) is 17.9 Å². The Morgan fingerprint density at radius 3 is 2.67 bits per heavy atom. The lowest BCUT2D eigenvalue weighted by molar-refractivity contribution is -0.131. The number of rotatable bonds is 4. The van der Waals surface area contributed by atoms with E-state index in [-0.39, 0.29) is 5.91 Å². The lowest BCUT2D eigenvalue weighted by Crippen LogP contribution is -2.34. The first kappa shape index (κ1) is 13.1. The summed E-state index contributed by atoms with van der Waals surface area (Å²) in [7, 11) is 1.92. The maximum Gasteiger partial charge on any atom is 0.242 e. The van der Waals surface area contributed by atoms with Gasteiger partial charge in [0.05, 0.1) is 0 Å². The van der Waals surface area contributed by atoms with Crippen molar-refractivity contribution < 1.29 is 4.79 Å². The number of aromatic nitrogens is 1. The van der Waals surface area contributed by atoms with Gasteiger partial charge in [-0.25, -0.2) is 0 Å². The molecule has 100 valence electrons. The van der Waals surface area contributed by atoms with Gasteiger partial charge in [-0.3, -0.25) is 4.79 Å². The van der Waals surface area contributed by atoms with E-state index in [4.69, 9.17) is 0 Å². The Bertz CT molecular complexity index is 378. The predicted molar refractivity (Wildman–Crippen MR) is 72.2 cm³/mol. The average molecular weight is 249 g/mol. The van der Waals surface area contributed by atoms with Crippen molar-refractivity contribution >= 4 is 5.91 Å². The van der Waals surface area contributed by atoms with Crippen molar-refractivity contribution in [2.45, 2.75) is 38.8 Å². The highest BCUT2D eigenvalue weighted by molar-refractivity contribution is 5.76. The van der Waals surface area contributed by atoms with Gasteiger partial charge in [0.1, 0.15) is 6.54 Å². The monoisotopic (exact) mass is 249 g/mol. The molecule has 0 unspecified atom stereocenters. The molecular weight excluding hydrogens is 226 g/mol. The van der Waals surface area contributed by atoms with Crippen molar-refractivity contribution in [1.82, 2.24) is 14.8 Å².